The third-order valence-corrected chi connectivity index (χ3v) is 5.19. The van der Waals surface area contributed by atoms with E-state index in [0.717, 1.165) is 47.8 Å². The van der Waals surface area contributed by atoms with E-state index in [1.54, 1.807) is 13.3 Å². The van der Waals surface area contributed by atoms with Crippen LogP contribution in [0.2, 0.25) is 0 Å². The van der Waals surface area contributed by atoms with Gasteiger partial charge in [-0.15, -0.1) is 0 Å². The van der Waals surface area contributed by atoms with Gasteiger partial charge in [-0.05, 0) is 54.8 Å². The minimum atomic E-state index is -0.801. The van der Waals surface area contributed by atoms with Crippen LogP contribution in [-0.4, -0.2) is 59.1 Å². The first-order chi connectivity index (χ1) is 13.0. The molecule has 1 saturated heterocycles. The standard InChI is InChI=1S/C21H27N3O3/c1-15-12-18(27-3)13-16(2)19(15)20(21(25)26)24-10-8-23(9-11-24)14-17-6-4-5-7-22-17/h4-7,12-13,20H,8-11,14H2,1-3H3,(H,25,26)/t20-/m1/s1. The van der Waals surface area contributed by atoms with E-state index < -0.39 is 12.0 Å². The molecule has 1 fully saturated rings. The fraction of sp³-hybridized carbons (Fsp3) is 0.429. The Morgan fingerprint density at radius 1 is 1.19 bits per heavy atom. The number of nitrogens with zero attached hydrogens (tertiary/aromatic N) is 3. The summed E-state index contributed by atoms with van der Waals surface area (Å²) >= 11 is 0. The number of aromatic nitrogens is 1. The Kier molecular flexibility index (Phi) is 6.08. The molecule has 0 spiro atoms. The molecule has 1 aromatic carbocycles. The summed E-state index contributed by atoms with van der Waals surface area (Å²) in [6.07, 6.45) is 1.81. The number of aliphatic carboxylic acids is 1. The van der Waals surface area contributed by atoms with Crippen LogP contribution in [0.5, 0.6) is 5.75 Å². The molecule has 6 nitrogen and oxygen atoms in total. The van der Waals surface area contributed by atoms with Crippen LogP contribution in [0.1, 0.15) is 28.4 Å². The van der Waals surface area contributed by atoms with Crippen LogP contribution in [0, 0.1) is 13.8 Å². The Hall–Kier alpha value is -2.44. The number of methoxy groups -OCH3 is 1. The molecule has 6 heteroatoms. The molecule has 0 saturated carbocycles. The van der Waals surface area contributed by atoms with Gasteiger partial charge in [0.15, 0.2) is 0 Å². The fourth-order valence-corrected chi connectivity index (χ4v) is 3.85. The van der Waals surface area contributed by atoms with Crippen molar-refractivity contribution in [2.75, 3.05) is 33.3 Å². The van der Waals surface area contributed by atoms with Crippen LogP contribution in [0.15, 0.2) is 36.5 Å². The summed E-state index contributed by atoms with van der Waals surface area (Å²) in [5, 5.41) is 9.96. The zero-order chi connectivity index (χ0) is 19.4. The van der Waals surface area contributed by atoms with Crippen molar-refractivity contribution in [2.24, 2.45) is 0 Å². The zero-order valence-electron chi connectivity index (χ0n) is 16.2. The van der Waals surface area contributed by atoms with Gasteiger partial charge in [0.25, 0.3) is 0 Å². The number of benzene rings is 1. The number of ether oxygens (including phenoxy) is 1. The monoisotopic (exact) mass is 369 g/mol. The molecule has 27 heavy (non-hydrogen) atoms. The number of aryl methyl sites for hydroxylation is 2. The third-order valence-electron chi connectivity index (χ3n) is 5.19. The van der Waals surface area contributed by atoms with Crippen molar-refractivity contribution >= 4 is 5.97 Å². The maximum Gasteiger partial charge on any atom is 0.325 e. The first-order valence-electron chi connectivity index (χ1n) is 9.24. The molecule has 3 rings (SSSR count). The fourth-order valence-electron chi connectivity index (χ4n) is 3.85. The number of pyridine rings is 1. The minimum Gasteiger partial charge on any atom is -0.497 e. The normalized spacial score (nSPS) is 16.9. The highest BCUT2D eigenvalue weighted by Crippen LogP contribution is 2.31. The summed E-state index contributed by atoms with van der Waals surface area (Å²) < 4.78 is 5.31. The summed E-state index contributed by atoms with van der Waals surface area (Å²) in [5.74, 6) is -0.0392. The van der Waals surface area contributed by atoms with Gasteiger partial charge in [-0.3, -0.25) is 19.6 Å². The number of hydrogen-bond acceptors (Lipinski definition) is 5. The minimum absolute atomic E-state index is 0.632. The molecule has 1 aliphatic rings. The Labute approximate surface area is 160 Å². The van der Waals surface area contributed by atoms with Gasteiger partial charge in [-0.25, -0.2) is 0 Å². The van der Waals surface area contributed by atoms with Crippen molar-refractivity contribution in [3.63, 3.8) is 0 Å². The second-order valence-corrected chi connectivity index (χ2v) is 7.05. The van der Waals surface area contributed by atoms with Crippen LogP contribution in [0.25, 0.3) is 0 Å². The van der Waals surface area contributed by atoms with Crippen molar-refractivity contribution in [1.82, 2.24) is 14.8 Å². The Balaban J connectivity index is 1.73. The Bertz CT molecular complexity index is 764. The van der Waals surface area contributed by atoms with Crippen LogP contribution < -0.4 is 4.74 Å². The van der Waals surface area contributed by atoms with E-state index in [1.165, 1.54) is 0 Å². The SMILES string of the molecule is COc1cc(C)c([C@H](C(=O)O)N2CCN(Cc3ccccn3)CC2)c(C)c1. The third kappa shape index (κ3) is 4.46. The number of piperazine rings is 1. The average molecular weight is 369 g/mol. The second-order valence-electron chi connectivity index (χ2n) is 7.05. The van der Waals surface area contributed by atoms with E-state index >= 15 is 0 Å². The van der Waals surface area contributed by atoms with Gasteiger partial charge in [0.05, 0.1) is 12.8 Å². The zero-order valence-corrected chi connectivity index (χ0v) is 16.2. The molecule has 1 aromatic heterocycles. The first kappa shape index (κ1) is 19.3. The van der Waals surface area contributed by atoms with Crippen LogP contribution in [0.4, 0.5) is 0 Å². The lowest BCUT2D eigenvalue weighted by Crippen LogP contribution is -2.49. The molecule has 0 radical (unpaired) electrons. The van der Waals surface area contributed by atoms with Crippen molar-refractivity contribution < 1.29 is 14.6 Å². The van der Waals surface area contributed by atoms with Gasteiger partial charge in [0.2, 0.25) is 0 Å². The van der Waals surface area contributed by atoms with Gasteiger partial charge in [0, 0.05) is 38.9 Å². The molecule has 2 heterocycles. The number of hydrogen-bond donors (Lipinski definition) is 1. The average Bonchev–Trinajstić information content (AvgIpc) is 2.66. The predicted octanol–water partition coefficient (Wildman–Crippen LogP) is 2.65. The predicted molar refractivity (Wildman–Crippen MR) is 104 cm³/mol. The summed E-state index contributed by atoms with van der Waals surface area (Å²) in [4.78, 5) is 20.9. The molecular weight excluding hydrogens is 342 g/mol. The van der Waals surface area contributed by atoms with Gasteiger partial charge >= 0.3 is 5.97 Å². The molecular formula is C21H27N3O3. The first-order valence-corrected chi connectivity index (χ1v) is 9.24. The number of carboxylic acids is 1. The van der Waals surface area contributed by atoms with E-state index in [-0.39, 0.29) is 0 Å². The largest absolute Gasteiger partial charge is 0.497 e. The van der Waals surface area contributed by atoms with E-state index in [9.17, 15) is 9.90 Å². The quantitative estimate of drug-likeness (QED) is 0.844. The maximum atomic E-state index is 12.1. The van der Waals surface area contributed by atoms with Crippen molar-refractivity contribution in [2.45, 2.75) is 26.4 Å². The second kappa shape index (κ2) is 8.50. The molecule has 1 aliphatic heterocycles. The smallest absolute Gasteiger partial charge is 0.325 e. The summed E-state index contributed by atoms with van der Waals surface area (Å²) in [7, 11) is 1.63. The van der Waals surface area contributed by atoms with E-state index in [4.69, 9.17) is 4.74 Å². The molecule has 0 amide bonds. The van der Waals surface area contributed by atoms with E-state index in [2.05, 4.69) is 14.8 Å². The molecule has 144 valence electrons. The van der Waals surface area contributed by atoms with Crippen LogP contribution in [0.3, 0.4) is 0 Å². The molecule has 0 bridgehead atoms. The lowest BCUT2D eigenvalue weighted by Gasteiger charge is -2.38. The summed E-state index contributed by atoms with van der Waals surface area (Å²) in [6.45, 7) is 7.80. The van der Waals surface area contributed by atoms with Gasteiger partial charge in [-0.2, -0.15) is 0 Å². The van der Waals surface area contributed by atoms with E-state index in [0.29, 0.717) is 13.1 Å². The lowest BCUT2D eigenvalue weighted by atomic mass is 9.94. The molecule has 0 aliphatic carbocycles. The number of carboxylic acid groups (broad SMARTS) is 1. The van der Waals surface area contributed by atoms with Gasteiger partial charge in [-0.1, -0.05) is 6.07 Å². The van der Waals surface area contributed by atoms with Crippen molar-refractivity contribution in [3.8, 4) is 5.75 Å². The summed E-state index contributed by atoms with van der Waals surface area (Å²) in [5.41, 5.74) is 3.83. The molecule has 1 atom stereocenters. The number of rotatable bonds is 6. The molecule has 2 aromatic rings. The molecule has 0 unspecified atom stereocenters. The van der Waals surface area contributed by atoms with Crippen molar-refractivity contribution in [1.29, 1.82) is 0 Å². The maximum absolute atomic E-state index is 12.1. The Morgan fingerprint density at radius 3 is 2.37 bits per heavy atom. The number of carbonyl (C=O) groups is 1. The van der Waals surface area contributed by atoms with Crippen LogP contribution in [-0.2, 0) is 11.3 Å². The highest BCUT2D eigenvalue weighted by molar-refractivity contribution is 5.77. The van der Waals surface area contributed by atoms with Crippen LogP contribution >= 0.6 is 0 Å². The van der Waals surface area contributed by atoms with Gasteiger partial charge in [0.1, 0.15) is 11.8 Å². The van der Waals surface area contributed by atoms with E-state index in [1.807, 2.05) is 44.2 Å². The highest BCUT2D eigenvalue weighted by atomic mass is 16.5. The highest BCUT2D eigenvalue weighted by Gasteiger charge is 2.32. The Morgan fingerprint density at radius 2 is 1.85 bits per heavy atom. The summed E-state index contributed by atoms with van der Waals surface area (Å²) in [6, 6.07) is 9.13. The van der Waals surface area contributed by atoms with Crippen molar-refractivity contribution in [3.05, 3.63) is 58.9 Å². The molecule has 1 N–H and O–H groups in total. The lowest BCUT2D eigenvalue weighted by molar-refractivity contribution is -0.144. The topological polar surface area (TPSA) is 65.9 Å². The van der Waals surface area contributed by atoms with Gasteiger partial charge < -0.3 is 9.84 Å².